The molecule has 0 radical (unpaired) electrons. The second-order valence-corrected chi connectivity index (χ2v) is 10.1. The highest BCUT2D eigenvalue weighted by Gasteiger charge is 2.19. The number of esters is 2. The molecule has 0 fully saturated rings. The molecule has 0 aromatic heterocycles. The van der Waals surface area contributed by atoms with Gasteiger partial charge in [0.1, 0.15) is 49.4 Å². The molecule has 4 aromatic carbocycles. The highest BCUT2D eigenvalue weighted by Crippen LogP contribution is 2.29. The largest absolute Gasteiger partial charge is 0.490 e. The Morgan fingerprint density at radius 3 is 1.55 bits per heavy atom. The molecular weight excluding hydrogens is 560 g/mol. The van der Waals surface area contributed by atoms with Crippen LogP contribution in [-0.2, 0) is 19.1 Å². The quantitative estimate of drug-likeness (QED) is 0.104. The number of fused-ring (bicyclic) bond motifs is 1. The van der Waals surface area contributed by atoms with Gasteiger partial charge in [-0.05, 0) is 67.8 Å². The van der Waals surface area contributed by atoms with E-state index in [2.05, 4.69) is 13.2 Å². The molecule has 2 atom stereocenters. The van der Waals surface area contributed by atoms with Crippen molar-refractivity contribution < 1.29 is 38.0 Å². The highest BCUT2D eigenvalue weighted by molar-refractivity contribution is 5.89. The SMILES string of the molecule is C=C(C)C(=O)OC(COc1ccccc1)COc1ccc2c(OCC(COc3ccccc3)OC(=O)C(=C)C)cccc2c1. The summed E-state index contributed by atoms with van der Waals surface area (Å²) in [6, 6.07) is 29.7. The first-order valence-corrected chi connectivity index (χ1v) is 14.2. The van der Waals surface area contributed by atoms with Crippen molar-refractivity contribution in [2.45, 2.75) is 26.1 Å². The van der Waals surface area contributed by atoms with Gasteiger partial charge in [-0.1, -0.05) is 61.7 Å². The van der Waals surface area contributed by atoms with Crippen molar-refractivity contribution in [3.63, 3.8) is 0 Å². The summed E-state index contributed by atoms with van der Waals surface area (Å²) in [5.74, 6) is 1.47. The predicted molar refractivity (Wildman–Crippen MR) is 168 cm³/mol. The number of carbonyl (C=O) groups is 2. The number of carbonyl (C=O) groups excluding carboxylic acids is 2. The fourth-order valence-corrected chi connectivity index (χ4v) is 3.97. The van der Waals surface area contributed by atoms with Crippen LogP contribution in [0, 0.1) is 0 Å². The molecule has 0 aliphatic rings. The molecule has 0 bridgehead atoms. The summed E-state index contributed by atoms with van der Waals surface area (Å²) >= 11 is 0. The molecule has 0 aliphatic carbocycles. The van der Waals surface area contributed by atoms with E-state index in [-0.39, 0.29) is 37.6 Å². The van der Waals surface area contributed by atoms with Gasteiger partial charge in [-0.25, -0.2) is 9.59 Å². The monoisotopic (exact) mass is 596 g/mol. The van der Waals surface area contributed by atoms with E-state index < -0.39 is 24.1 Å². The van der Waals surface area contributed by atoms with E-state index in [0.29, 0.717) is 23.0 Å². The summed E-state index contributed by atoms with van der Waals surface area (Å²) in [6.07, 6.45) is -1.34. The van der Waals surface area contributed by atoms with Gasteiger partial charge in [-0.2, -0.15) is 0 Å². The summed E-state index contributed by atoms with van der Waals surface area (Å²) in [7, 11) is 0. The standard InChI is InChI=1S/C36H36O8/c1-25(2)35(37)43-31(21-39-28-13-7-5-8-14-28)23-41-30-18-19-33-27(20-30)12-11-17-34(33)42-24-32(44-36(38)26(3)4)22-40-29-15-9-6-10-16-29/h5-20,31-32H,1,3,21-24H2,2,4H3. The Morgan fingerprint density at radius 2 is 1.05 bits per heavy atom. The van der Waals surface area contributed by atoms with Crippen LogP contribution in [-0.4, -0.2) is 50.6 Å². The molecule has 4 aromatic rings. The number of hydrogen-bond acceptors (Lipinski definition) is 8. The maximum absolute atomic E-state index is 12.3. The van der Waals surface area contributed by atoms with Crippen LogP contribution in [0.25, 0.3) is 10.8 Å². The molecule has 0 heterocycles. The summed E-state index contributed by atoms with van der Waals surface area (Å²) in [5, 5.41) is 1.71. The topological polar surface area (TPSA) is 89.5 Å². The maximum atomic E-state index is 12.3. The molecule has 228 valence electrons. The van der Waals surface area contributed by atoms with Gasteiger partial charge in [0, 0.05) is 16.5 Å². The zero-order chi connectivity index (χ0) is 31.3. The van der Waals surface area contributed by atoms with Gasteiger partial charge < -0.3 is 28.4 Å². The number of rotatable bonds is 16. The lowest BCUT2D eigenvalue weighted by molar-refractivity contribution is -0.148. The van der Waals surface area contributed by atoms with Crippen LogP contribution in [0.2, 0.25) is 0 Å². The molecule has 0 amide bonds. The highest BCUT2D eigenvalue weighted by atomic mass is 16.6. The molecule has 0 saturated heterocycles. The molecular formula is C36H36O8. The van der Waals surface area contributed by atoms with Gasteiger partial charge in [0.25, 0.3) is 0 Å². The molecule has 44 heavy (non-hydrogen) atoms. The van der Waals surface area contributed by atoms with Crippen molar-refractivity contribution in [2.75, 3.05) is 26.4 Å². The van der Waals surface area contributed by atoms with Crippen molar-refractivity contribution in [1.29, 1.82) is 0 Å². The van der Waals surface area contributed by atoms with Gasteiger partial charge in [-0.15, -0.1) is 0 Å². The normalized spacial score (nSPS) is 12.0. The van der Waals surface area contributed by atoms with Crippen LogP contribution in [0.15, 0.2) is 121 Å². The van der Waals surface area contributed by atoms with E-state index in [1.807, 2.05) is 97.1 Å². The average molecular weight is 597 g/mol. The molecule has 0 aliphatic heterocycles. The Bertz CT molecular complexity index is 1570. The third-order valence-electron chi connectivity index (χ3n) is 6.28. The summed E-state index contributed by atoms with van der Waals surface area (Å²) < 4.78 is 34.9. The fraction of sp³-hybridized carbons (Fsp3) is 0.222. The summed E-state index contributed by atoms with van der Waals surface area (Å²) in [5.41, 5.74) is 0.576. The smallest absolute Gasteiger partial charge is 0.333 e. The molecule has 4 rings (SSSR count). The van der Waals surface area contributed by atoms with Gasteiger partial charge in [0.2, 0.25) is 0 Å². The Labute approximate surface area is 257 Å². The van der Waals surface area contributed by atoms with Gasteiger partial charge in [0.15, 0.2) is 12.2 Å². The Morgan fingerprint density at radius 1 is 0.568 bits per heavy atom. The number of benzene rings is 4. The van der Waals surface area contributed by atoms with E-state index in [1.54, 1.807) is 13.8 Å². The van der Waals surface area contributed by atoms with Gasteiger partial charge >= 0.3 is 11.9 Å². The lowest BCUT2D eigenvalue weighted by atomic mass is 10.1. The molecule has 0 N–H and O–H groups in total. The van der Waals surface area contributed by atoms with Crippen LogP contribution in [0.3, 0.4) is 0 Å². The minimum absolute atomic E-state index is 0.0698. The minimum atomic E-state index is -0.672. The van der Waals surface area contributed by atoms with Gasteiger partial charge in [0.05, 0.1) is 0 Å². The van der Waals surface area contributed by atoms with Crippen molar-refractivity contribution in [2.24, 2.45) is 0 Å². The van der Waals surface area contributed by atoms with Crippen molar-refractivity contribution in [1.82, 2.24) is 0 Å². The number of hydrogen-bond donors (Lipinski definition) is 0. The first kappa shape index (κ1) is 31.7. The summed E-state index contributed by atoms with van der Waals surface area (Å²) in [4.78, 5) is 24.5. The lowest BCUT2D eigenvalue weighted by Gasteiger charge is -2.20. The van der Waals surface area contributed by atoms with Gasteiger partial charge in [-0.3, -0.25) is 0 Å². The second kappa shape index (κ2) is 15.8. The Hall–Kier alpha value is -5.24. The molecule has 0 saturated carbocycles. The van der Waals surface area contributed by atoms with Crippen LogP contribution < -0.4 is 18.9 Å². The predicted octanol–water partition coefficient (Wildman–Crippen LogP) is 6.73. The lowest BCUT2D eigenvalue weighted by Crippen LogP contribution is -2.31. The first-order chi connectivity index (χ1) is 21.3. The molecule has 8 nitrogen and oxygen atoms in total. The van der Waals surface area contributed by atoms with Crippen LogP contribution >= 0.6 is 0 Å². The van der Waals surface area contributed by atoms with Crippen LogP contribution in [0.1, 0.15) is 13.8 Å². The Balaban J connectivity index is 1.41. The fourth-order valence-electron chi connectivity index (χ4n) is 3.97. The van der Waals surface area contributed by atoms with Crippen molar-refractivity contribution >= 4 is 22.7 Å². The van der Waals surface area contributed by atoms with E-state index in [1.165, 1.54) is 0 Å². The molecule has 8 heteroatoms. The third-order valence-corrected chi connectivity index (χ3v) is 6.28. The van der Waals surface area contributed by atoms with Crippen LogP contribution in [0.5, 0.6) is 23.0 Å². The zero-order valence-corrected chi connectivity index (χ0v) is 24.9. The number of para-hydroxylation sites is 2. The van der Waals surface area contributed by atoms with Crippen LogP contribution in [0.4, 0.5) is 0 Å². The first-order valence-electron chi connectivity index (χ1n) is 14.2. The minimum Gasteiger partial charge on any atom is -0.490 e. The van der Waals surface area contributed by atoms with E-state index in [9.17, 15) is 9.59 Å². The maximum Gasteiger partial charge on any atom is 0.333 e. The van der Waals surface area contributed by atoms with E-state index >= 15 is 0 Å². The molecule has 0 spiro atoms. The third kappa shape index (κ3) is 9.66. The van der Waals surface area contributed by atoms with Crippen molar-refractivity contribution in [3.05, 3.63) is 121 Å². The van der Waals surface area contributed by atoms with E-state index in [4.69, 9.17) is 28.4 Å². The Kier molecular flexibility index (Phi) is 11.4. The molecule has 2 unspecified atom stereocenters. The number of ether oxygens (including phenoxy) is 6. The zero-order valence-electron chi connectivity index (χ0n) is 24.9. The summed E-state index contributed by atoms with van der Waals surface area (Å²) in [6.45, 7) is 10.9. The van der Waals surface area contributed by atoms with Crippen molar-refractivity contribution in [3.8, 4) is 23.0 Å². The average Bonchev–Trinajstić information content (AvgIpc) is 3.04. The van der Waals surface area contributed by atoms with E-state index in [0.717, 1.165) is 10.8 Å². The second-order valence-electron chi connectivity index (χ2n) is 10.1.